The normalized spacial score (nSPS) is 24.4. The van der Waals surface area contributed by atoms with Crippen molar-refractivity contribution in [3.63, 3.8) is 0 Å². The van der Waals surface area contributed by atoms with Crippen LogP contribution in [0.15, 0.2) is 23.6 Å². The van der Waals surface area contributed by atoms with Crippen molar-refractivity contribution in [3.8, 4) is 11.3 Å². The van der Waals surface area contributed by atoms with E-state index in [-0.39, 0.29) is 36.3 Å². The van der Waals surface area contributed by atoms with E-state index in [2.05, 4.69) is 27.1 Å². The van der Waals surface area contributed by atoms with Crippen molar-refractivity contribution in [1.29, 1.82) is 0 Å². The van der Waals surface area contributed by atoms with Crippen molar-refractivity contribution in [2.24, 2.45) is 5.92 Å². The molecule has 12 heteroatoms. The van der Waals surface area contributed by atoms with Crippen LogP contribution in [0.5, 0.6) is 0 Å². The number of rotatable bonds is 7. The molecule has 1 aromatic heterocycles. The predicted molar refractivity (Wildman–Crippen MR) is 148 cm³/mol. The number of amides is 2. The largest absolute Gasteiger partial charge is 0.366 e. The molecule has 0 saturated carbocycles. The van der Waals surface area contributed by atoms with Crippen molar-refractivity contribution < 1.29 is 23.5 Å². The van der Waals surface area contributed by atoms with E-state index in [9.17, 15) is 14.4 Å². The highest BCUT2D eigenvalue weighted by Gasteiger charge is 2.52. The van der Waals surface area contributed by atoms with Gasteiger partial charge in [0, 0.05) is 49.2 Å². The molecular weight excluding hydrogens is 545 g/mol. The number of hydrogen-bond acceptors (Lipinski definition) is 8. The zero-order valence-corrected chi connectivity index (χ0v) is 23.8. The molecule has 210 valence electrons. The lowest BCUT2D eigenvalue weighted by molar-refractivity contribution is -0.138. The first-order valence-electron chi connectivity index (χ1n) is 13.2. The molecule has 2 amide bonds. The van der Waals surface area contributed by atoms with Crippen LogP contribution in [0, 0.1) is 11.7 Å². The molecule has 4 heterocycles. The lowest BCUT2D eigenvalue weighted by Crippen LogP contribution is -2.52. The number of nitrogens with zero attached hydrogens (tertiary/aromatic N) is 4. The summed E-state index contributed by atoms with van der Waals surface area (Å²) in [6.07, 6.45) is -0.183. The summed E-state index contributed by atoms with van der Waals surface area (Å²) in [5.41, 5.74) is 0.935. The van der Waals surface area contributed by atoms with Gasteiger partial charge in [-0.1, -0.05) is 13.8 Å². The summed E-state index contributed by atoms with van der Waals surface area (Å²) < 4.78 is 20.7. The summed E-state index contributed by atoms with van der Waals surface area (Å²) in [6, 6.07) is 2.63. The number of carbonyl (C=O) groups is 3. The van der Waals surface area contributed by atoms with Gasteiger partial charge >= 0.3 is 0 Å². The summed E-state index contributed by atoms with van der Waals surface area (Å²) in [6.45, 7) is 7.59. The number of halogens is 2. The molecule has 0 radical (unpaired) electrons. The average Bonchev–Trinajstić information content (AvgIpc) is 3.61. The maximum atomic E-state index is 15.2. The first kappa shape index (κ1) is 27.9. The first-order valence-corrected chi connectivity index (χ1v) is 14.5. The van der Waals surface area contributed by atoms with E-state index < -0.39 is 35.3 Å². The highest BCUT2D eigenvalue weighted by atomic mass is 35.5. The molecule has 39 heavy (non-hydrogen) atoms. The Morgan fingerprint density at radius 2 is 2.00 bits per heavy atom. The number of aromatic nitrogens is 1. The van der Waals surface area contributed by atoms with Gasteiger partial charge in [0.25, 0.3) is 5.91 Å². The number of piperazine rings is 1. The Balaban J connectivity index is 1.29. The fraction of sp³-hybridized carbons (Fsp3) is 0.556. The number of carbonyl (C=O) groups excluding carboxylic acids is 3. The van der Waals surface area contributed by atoms with Crippen LogP contribution in [0.2, 0.25) is 0 Å². The number of likely N-dealkylation sites (N-methyl/N-ethyl adjacent to an activating group) is 1. The van der Waals surface area contributed by atoms with Gasteiger partial charge in [0.05, 0.1) is 11.1 Å². The third kappa shape index (κ3) is 5.82. The number of fused-ring (bicyclic) bond motifs is 1. The minimum Gasteiger partial charge on any atom is -0.366 e. The quantitative estimate of drug-likeness (QED) is 0.506. The summed E-state index contributed by atoms with van der Waals surface area (Å²) in [5, 5.41) is 4.95. The molecule has 0 aliphatic carbocycles. The van der Waals surface area contributed by atoms with Crippen LogP contribution in [-0.4, -0.2) is 102 Å². The molecule has 1 aromatic carbocycles. The van der Waals surface area contributed by atoms with Crippen LogP contribution >= 0.6 is 22.9 Å². The molecule has 2 aromatic rings. The fourth-order valence-corrected chi connectivity index (χ4v) is 6.59. The minimum atomic E-state index is -0.888. The highest BCUT2D eigenvalue weighted by molar-refractivity contribution is 7.14. The minimum absolute atomic E-state index is 0.0784. The molecule has 4 atom stereocenters. The Labute approximate surface area is 236 Å². The Morgan fingerprint density at radius 3 is 2.69 bits per heavy atom. The Hall–Kier alpha value is -2.60. The van der Waals surface area contributed by atoms with E-state index in [1.165, 1.54) is 28.4 Å². The number of Topliss-reactive ketones (excluding diaryl/α,β-unsaturated/α-hetero) is 1. The van der Waals surface area contributed by atoms with Gasteiger partial charge in [-0.3, -0.25) is 14.4 Å². The van der Waals surface area contributed by atoms with Crippen molar-refractivity contribution in [3.05, 3.63) is 35.0 Å². The van der Waals surface area contributed by atoms with Crippen LogP contribution in [0.25, 0.3) is 11.3 Å². The Morgan fingerprint density at radius 1 is 1.26 bits per heavy atom. The van der Waals surface area contributed by atoms with Crippen molar-refractivity contribution in [1.82, 2.24) is 20.1 Å². The van der Waals surface area contributed by atoms with Gasteiger partial charge in [-0.2, -0.15) is 0 Å². The molecule has 0 unspecified atom stereocenters. The maximum absolute atomic E-state index is 15.2. The number of ketones is 1. The standard InChI is InChI=1S/C27H33ClFN5O4S/c1-15(2)10-20(26(37)34-12-18(28)24-23(34)22(35)13-38-24)30-25(36)16-4-5-17(19(29)11-16)21-14-39-27(31-21)33-8-6-32(3)7-9-33/h4-5,11,14-15,18,20,23-24H,6-10,12-13H2,1-3H3,(H,30,36)/t18-,20+,23-,24-/m1/s1. The zero-order chi connectivity index (χ0) is 27.8. The van der Waals surface area contributed by atoms with Crippen molar-refractivity contribution >= 4 is 45.7 Å². The van der Waals surface area contributed by atoms with E-state index in [0.717, 1.165) is 31.3 Å². The summed E-state index contributed by atoms with van der Waals surface area (Å²) in [7, 11) is 2.08. The topological polar surface area (TPSA) is 95.1 Å². The first-order chi connectivity index (χ1) is 18.6. The number of nitrogens with one attached hydrogen (secondary N) is 1. The average molecular weight is 578 g/mol. The molecule has 9 nitrogen and oxygen atoms in total. The Bertz CT molecular complexity index is 1250. The van der Waals surface area contributed by atoms with Gasteiger partial charge < -0.3 is 24.8 Å². The fourth-order valence-electron chi connectivity index (χ4n) is 5.35. The van der Waals surface area contributed by atoms with Crippen molar-refractivity contribution in [2.75, 3.05) is 51.3 Å². The summed E-state index contributed by atoms with van der Waals surface area (Å²) in [5.74, 6) is -1.63. The molecule has 3 fully saturated rings. The molecular formula is C27H33ClFN5O4S. The number of likely N-dealkylation sites (tertiary alicyclic amines) is 1. The van der Waals surface area contributed by atoms with Gasteiger partial charge in [0.15, 0.2) is 10.9 Å². The molecule has 1 N–H and O–H groups in total. The van der Waals surface area contributed by atoms with Crippen molar-refractivity contribution in [2.45, 2.75) is 43.8 Å². The highest BCUT2D eigenvalue weighted by Crippen LogP contribution is 2.32. The van der Waals surface area contributed by atoms with Crippen LogP contribution in [0.1, 0.15) is 30.6 Å². The number of anilines is 1. The van der Waals surface area contributed by atoms with E-state index in [1.807, 2.05) is 19.2 Å². The van der Waals surface area contributed by atoms with Gasteiger partial charge in [-0.15, -0.1) is 22.9 Å². The second kappa shape index (κ2) is 11.5. The summed E-state index contributed by atoms with van der Waals surface area (Å²) >= 11 is 7.83. The van der Waals surface area contributed by atoms with E-state index in [4.69, 9.17) is 16.3 Å². The number of thiazole rings is 1. The SMILES string of the molecule is CC(C)C[C@H](NC(=O)c1ccc(-c2csc(N3CCN(C)CC3)n2)c(F)c1)C(=O)N1C[C@@H](Cl)[C@H]2OCC(=O)[C@H]21. The molecule has 3 aliphatic heterocycles. The number of ether oxygens (including phenoxy) is 1. The number of benzene rings is 1. The van der Waals surface area contributed by atoms with Gasteiger partial charge in [-0.05, 0) is 37.6 Å². The van der Waals surface area contributed by atoms with Crippen LogP contribution in [0.3, 0.4) is 0 Å². The smallest absolute Gasteiger partial charge is 0.252 e. The van der Waals surface area contributed by atoms with Crippen LogP contribution < -0.4 is 10.2 Å². The molecule has 0 spiro atoms. The second-order valence-corrected chi connectivity index (χ2v) is 12.2. The van der Waals surface area contributed by atoms with Crippen LogP contribution in [-0.2, 0) is 14.3 Å². The summed E-state index contributed by atoms with van der Waals surface area (Å²) in [4.78, 5) is 49.5. The van der Waals surface area contributed by atoms with Gasteiger partial charge in [0.2, 0.25) is 5.91 Å². The van der Waals surface area contributed by atoms with E-state index in [0.29, 0.717) is 17.7 Å². The zero-order valence-electron chi connectivity index (χ0n) is 22.2. The predicted octanol–water partition coefficient (Wildman–Crippen LogP) is 2.63. The van der Waals surface area contributed by atoms with E-state index >= 15 is 4.39 Å². The molecule has 5 rings (SSSR count). The van der Waals surface area contributed by atoms with Crippen LogP contribution in [0.4, 0.5) is 9.52 Å². The van der Waals surface area contributed by atoms with Gasteiger partial charge in [-0.25, -0.2) is 9.37 Å². The second-order valence-electron chi connectivity index (χ2n) is 10.8. The monoisotopic (exact) mass is 577 g/mol. The molecule has 3 aliphatic rings. The third-order valence-electron chi connectivity index (χ3n) is 7.49. The molecule has 0 bridgehead atoms. The lowest BCUT2D eigenvalue weighted by Gasteiger charge is -2.32. The molecule has 3 saturated heterocycles. The Kier molecular flexibility index (Phi) is 8.23. The van der Waals surface area contributed by atoms with Gasteiger partial charge in [0.1, 0.15) is 30.6 Å². The van der Waals surface area contributed by atoms with E-state index in [1.54, 1.807) is 6.07 Å². The maximum Gasteiger partial charge on any atom is 0.252 e. The number of hydrogen-bond donors (Lipinski definition) is 1. The number of alkyl halides is 1. The lowest BCUT2D eigenvalue weighted by atomic mass is 10.0. The third-order valence-corrected chi connectivity index (χ3v) is 8.78.